The third-order valence-electron chi connectivity index (χ3n) is 16.1. The number of ether oxygens (including phenoxy) is 1. The Morgan fingerprint density at radius 3 is 0.867 bits per heavy atom. The fraction of sp³-hybridized carbons (Fsp3) is 0.481. The maximum absolute atomic E-state index is 16.5. The van der Waals surface area contributed by atoms with Crippen molar-refractivity contribution in [1.82, 2.24) is 46.6 Å². The SMILES string of the molecule is CC(C)(C)OC(=O)C(C1(CCC(=O)N2CCN(c3cc(Cl)cc(Cl)c3)CC2)NC(=O)NC1=O)(C1(CCC(=O)N2CCN(c3cc(Cl)cc(Cl)c3)CC2)NC(=O)NC1=O)C1(CCC(=O)N2CCN(c3cc(Cl)cc(Cl)c3)CC2)NC(=O)NC1=O. The molecule has 3 aromatic carbocycles. The van der Waals surface area contributed by atoms with E-state index in [0.717, 1.165) is 0 Å². The number of carbonyl (C=O) groups is 10. The molecule has 3 atom stereocenters. The number of imide groups is 3. The molecule has 9 rings (SSSR count). The summed E-state index contributed by atoms with van der Waals surface area (Å²) in [4.78, 5) is 160. The van der Waals surface area contributed by atoms with E-state index >= 15 is 19.2 Å². The van der Waals surface area contributed by atoms with Crippen LogP contribution in [0.3, 0.4) is 0 Å². The summed E-state index contributed by atoms with van der Waals surface area (Å²) in [5, 5.41) is 16.4. The van der Waals surface area contributed by atoms with E-state index in [1.165, 1.54) is 35.5 Å². The van der Waals surface area contributed by atoms with Crippen LogP contribution in [0.2, 0.25) is 30.1 Å². The monoisotopic (exact) mass is 1260 g/mol. The number of hydrogen-bond donors (Lipinski definition) is 6. The molecule has 12 amide bonds. The standard InChI is InChI=1S/C54H60Cl6N12O11/c1-50(2,3)83-46(79)54(51(43(76)61-47(80)64-51)7-4-40(73)70-16-10-67(11-17-70)37-25-31(55)22-32(56)26-37,52(44(77)62-48(81)65-52)8-5-41(74)71-18-12-68(13-19-71)38-27-33(57)23-34(58)28-38)53(45(78)63-49(82)66-53)9-6-42(75)72-20-14-69(15-21-72)39-29-35(59)24-36(60)30-39/h22-30H,4-21H2,1-3H3,(H2,61,64,76,80)(H2,62,65,77,81)(H2,63,66,78,82). The van der Waals surface area contributed by atoms with Gasteiger partial charge in [0.05, 0.1) is 0 Å². The average Bonchev–Trinajstić information content (AvgIpc) is 1.64. The molecule has 0 spiro atoms. The lowest BCUT2D eigenvalue weighted by Gasteiger charge is -2.59. The van der Waals surface area contributed by atoms with Gasteiger partial charge in [-0.3, -0.25) is 49.5 Å². The number of esters is 1. The van der Waals surface area contributed by atoms with E-state index in [1.54, 1.807) is 54.6 Å². The summed E-state index contributed by atoms with van der Waals surface area (Å²) in [7, 11) is 0. The van der Waals surface area contributed by atoms with Gasteiger partial charge in [-0.25, -0.2) is 14.4 Å². The molecule has 29 heteroatoms. The van der Waals surface area contributed by atoms with Gasteiger partial charge in [-0.05, 0) is 94.6 Å². The molecule has 0 aromatic heterocycles. The lowest BCUT2D eigenvalue weighted by Crippen LogP contribution is -2.87. The number of hydrogen-bond acceptors (Lipinski definition) is 14. The van der Waals surface area contributed by atoms with E-state index in [-0.39, 0.29) is 78.5 Å². The van der Waals surface area contributed by atoms with E-state index in [4.69, 9.17) is 74.3 Å². The molecule has 6 fully saturated rings. The molecule has 6 aliphatic rings. The topological polar surface area (TPSA) is 272 Å². The predicted molar refractivity (Wildman–Crippen MR) is 310 cm³/mol. The molecular weight excluding hydrogens is 1210 g/mol. The van der Waals surface area contributed by atoms with Crippen molar-refractivity contribution in [2.45, 2.75) is 81.5 Å². The van der Waals surface area contributed by atoms with Gasteiger partial charge in [-0.1, -0.05) is 69.6 Å². The maximum Gasteiger partial charge on any atom is 0.322 e. The zero-order chi connectivity index (χ0) is 60.0. The number of rotatable bonds is 16. The highest BCUT2D eigenvalue weighted by Crippen LogP contribution is 2.59. The maximum atomic E-state index is 16.5. The van der Waals surface area contributed by atoms with E-state index < -0.39 is 126 Å². The Bertz CT molecular complexity index is 2820. The fourth-order valence-electron chi connectivity index (χ4n) is 12.5. The van der Waals surface area contributed by atoms with Crippen molar-refractivity contribution in [2.24, 2.45) is 5.41 Å². The molecule has 0 radical (unpaired) electrons. The summed E-state index contributed by atoms with van der Waals surface area (Å²) in [6.07, 6.45) is -4.80. The van der Waals surface area contributed by atoms with Crippen LogP contribution in [0.25, 0.3) is 0 Å². The first kappa shape index (κ1) is 61.1. The zero-order valence-corrected chi connectivity index (χ0v) is 49.9. The lowest BCUT2D eigenvalue weighted by molar-refractivity contribution is -0.198. The largest absolute Gasteiger partial charge is 0.459 e. The Balaban J connectivity index is 1.14. The second-order valence-electron chi connectivity index (χ2n) is 22.2. The van der Waals surface area contributed by atoms with Crippen LogP contribution in [0.4, 0.5) is 31.4 Å². The van der Waals surface area contributed by atoms with Crippen LogP contribution in [0, 0.1) is 5.41 Å². The summed E-state index contributed by atoms with van der Waals surface area (Å²) in [5.41, 5.74) is -12.1. The van der Waals surface area contributed by atoms with Gasteiger partial charge < -0.3 is 50.1 Å². The first-order valence-electron chi connectivity index (χ1n) is 26.8. The molecular formula is C54H60Cl6N12O11. The first-order chi connectivity index (χ1) is 39.2. The van der Waals surface area contributed by atoms with Gasteiger partial charge in [-0.15, -0.1) is 0 Å². The van der Waals surface area contributed by atoms with E-state index in [1.807, 2.05) is 14.7 Å². The minimum Gasteiger partial charge on any atom is -0.459 e. The fourth-order valence-corrected chi connectivity index (χ4v) is 14.0. The highest BCUT2D eigenvalue weighted by molar-refractivity contribution is 6.36. The molecule has 6 aliphatic heterocycles. The van der Waals surface area contributed by atoms with Gasteiger partial charge in [-0.2, -0.15) is 0 Å². The number of amides is 12. The lowest BCUT2D eigenvalue weighted by atomic mass is 9.45. The van der Waals surface area contributed by atoms with Crippen molar-refractivity contribution in [3.05, 3.63) is 84.7 Å². The Kier molecular flexibility index (Phi) is 17.6. The number of anilines is 3. The third kappa shape index (κ3) is 12.0. The van der Waals surface area contributed by atoms with Crippen LogP contribution in [0.5, 0.6) is 0 Å². The first-order valence-corrected chi connectivity index (χ1v) is 29.1. The Morgan fingerprint density at radius 2 is 0.663 bits per heavy atom. The quantitative estimate of drug-likeness (QED) is 0.0780. The van der Waals surface area contributed by atoms with Crippen LogP contribution in [-0.4, -0.2) is 175 Å². The number of piperazine rings is 3. The van der Waals surface area contributed by atoms with E-state index in [2.05, 4.69) is 31.9 Å². The van der Waals surface area contributed by atoms with Crippen LogP contribution < -0.4 is 46.6 Å². The Labute approximate surface area is 507 Å². The minimum atomic E-state index is -3.45. The van der Waals surface area contributed by atoms with Gasteiger partial charge in [0.1, 0.15) is 22.2 Å². The van der Waals surface area contributed by atoms with Gasteiger partial charge >= 0.3 is 24.1 Å². The highest BCUT2D eigenvalue weighted by Gasteiger charge is 2.87. The van der Waals surface area contributed by atoms with Crippen molar-refractivity contribution in [3.63, 3.8) is 0 Å². The average molecular weight is 1270 g/mol. The summed E-state index contributed by atoms with van der Waals surface area (Å²) >= 11 is 37.9. The molecule has 6 heterocycles. The molecule has 3 aromatic rings. The van der Waals surface area contributed by atoms with Gasteiger partial charge in [0.25, 0.3) is 17.7 Å². The summed E-state index contributed by atoms with van der Waals surface area (Å²) in [6.45, 7) is 6.68. The molecule has 23 nitrogen and oxygen atoms in total. The molecule has 6 saturated heterocycles. The van der Waals surface area contributed by atoms with Crippen LogP contribution in [0.1, 0.15) is 59.3 Å². The molecule has 3 unspecified atom stereocenters. The van der Waals surface area contributed by atoms with Crippen LogP contribution in [0.15, 0.2) is 54.6 Å². The molecule has 0 saturated carbocycles. The number of halogens is 6. The van der Waals surface area contributed by atoms with Gasteiger partial charge in [0, 0.05) is 145 Å². The predicted octanol–water partition coefficient (Wildman–Crippen LogP) is 5.36. The summed E-state index contributed by atoms with van der Waals surface area (Å²) in [6, 6.07) is 11.2. The zero-order valence-electron chi connectivity index (χ0n) is 45.4. The van der Waals surface area contributed by atoms with E-state index in [0.29, 0.717) is 47.2 Å². The van der Waals surface area contributed by atoms with Gasteiger partial charge in [0.15, 0.2) is 5.41 Å². The Hall–Kier alpha value is -6.50. The number of urea groups is 3. The molecule has 6 N–H and O–H groups in total. The summed E-state index contributed by atoms with van der Waals surface area (Å²) < 4.78 is 6.26. The molecule has 83 heavy (non-hydrogen) atoms. The van der Waals surface area contributed by atoms with Crippen molar-refractivity contribution >= 4 is 146 Å². The van der Waals surface area contributed by atoms with Crippen molar-refractivity contribution in [1.29, 1.82) is 0 Å². The molecule has 0 aliphatic carbocycles. The van der Waals surface area contributed by atoms with E-state index in [9.17, 15) is 28.8 Å². The van der Waals surface area contributed by atoms with Crippen molar-refractivity contribution in [3.8, 4) is 0 Å². The smallest absolute Gasteiger partial charge is 0.322 e. The Morgan fingerprint density at radius 1 is 0.422 bits per heavy atom. The number of carbonyl (C=O) groups excluding carboxylic acids is 10. The minimum absolute atomic E-state index is 0.114. The normalized spacial score (nSPS) is 23.7. The summed E-state index contributed by atoms with van der Waals surface area (Å²) in [5.74, 6) is -7.60. The highest BCUT2D eigenvalue weighted by atomic mass is 35.5. The van der Waals surface area contributed by atoms with Crippen LogP contribution in [-0.2, 0) is 38.3 Å². The number of nitrogens with one attached hydrogen (secondary N) is 6. The number of nitrogens with zero attached hydrogens (tertiary/aromatic N) is 6. The number of benzene rings is 3. The molecule has 444 valence electrons. The van der Waals surface area contributed by atoms with Crippen molar-refractivity contribution < 1.29 is 52.7 Å². The third-order valence-corrected chi connectivity index (χ3v) is 17.4. The second-order valence-corrected chi connectivity index (χ2v) is 24.8. The van der Waals surface area contributed by atoms with Crippen molar-refractivity contribution in [2.75, 3.05) is 93.2 Å². The molecule has 0 bridgehead atoms. The van der Waals surface area contributed by atoms with Crippen LogP contribution >= 0.6 is 69.6 Å². The second kappa shape index (κ2) is 23.9. The van der Waals surface area contributed by atoms with Gasteiger partial charge in [0.2, 0.25) is 17.7 Å².